The van der Waals surface area contributed by atoms with Crippen molar-refractivity contribution < 1.29 is 4.65 Å². The summed E-state index contributed by atoms with van der Waals surface area (Å²) in [4.78, 5) is 0. The number of benzene rings is 1. The van der Waals surface area contributed by atoms with E-state index in [1.807, 2.05) is 24.3 Å². The summed E-state index contributed by atoms with van der Waals surface area (Å²) in [5.74, 6) is 0. The van der Waals surface area contributed by atoms with Crippen molar-refractivity contribution in [1.82, 2.24) is 5.23 Å². The lowest BCUT2D eigenvalue weighted by molar-refractivity contribution is 0.376. The number of hydrogen-bond acceptors (Lipinski definition) is 2. The molecule has 1 aromatic carbocycles. The van der Waals surface area contributed by atoms with E-state index in [0.29, 0.717) is 0 Å². The van der Waals surface area contributed by atoms with Gasteiger partial charge in [0.1, 0.15) is 0 Å². The Morgan fingerprint density at radius 3 is 3.08 bits per heavy atom. The van der Waals surface area contributed by atoms with Gasteiger partial charge >= 0.3 is 7.05 Å². The highest BCUT2D eigenvalue weighted by Crippen LogP contribution is 2.05. The van der Waals surface area contributed by atoms with Crippen LogP contribution in [0.2, 0.25) is 5.02 Å². The molecule has 0 aliphatic carbocycles. The van der Waals surface area contributed by atoms with Crippen LogP contribution in [0.15, 0.2) is 24.3 Å². The van der Waals surface area contributed by atoms with Crippen LogP contribution in [-0.4, -0.2) is 20.2 Å². The fourth-order valence-electron chi connectivity index (χ4n) is 1.31. The van der Waals surface area contributed by atoms with E-state index in [9.17, 15) is 0 Å². The van der Waals surface area contributed by atoms with Gasteiger partial charge in [-0.15, -0.1) is 0 Å². The van der Waals surface area contributed by atoms with E-state index in [-0.39, 0.29) is 7.05 Å². The maximum Gasteiger partial charge on any atom is 0.416 e. The van der Waals surface area contributed by atoms with E-state index in [4.69, 9.17) is 16.3 Å². The zero-order chi connectivity index (χ0) is 8.39. The molecule has 1 aromatic rings. The fraction of sp³-hybridized carbons (Fsp3) is 0.250. The molecular formula is C8H9BClNO. The zero-order valence-electron chi connectivity index (χ0n) is 6.59. The van der Waals surface area contributed by atoms with E-state index >= 15 is 0 Å². The molecule has 0 aromatic heterocycles. The maximum absolute atomic E-state index is 5.84. The molecular weight excluding hydrogens is 172 g/mol. The molecule has 62 valence electrons. The van der Waals surface area contributed by atoms with E-state index < -0.39 is 0 Å². The topological polar surface area (TPSA) is 21.3 Å². The Morgan fingerprint density at radius 2 is 2.42 bits per heavy atom. The van der Waals surface area contributed by atoms with Crippen LogP contribution in [-0.2, 0) is 4.65 Å². The Hall–Kier alpha value is -0.505. The zero-order valence-corrected chi connectivity index (χ0v) is 7.34. The van der Waals surface area contributed by atoms with Crippen molar-refractivity contribution in [3.8, 4) is 0 Å². The third-order valence-electron chi connectivity index (χ3n) is 1.87. The lowest BCUT2D eigenvalue weighted by atomic mass is 9.75. The van der Waals surface area contributed by atoms with Gasteiger partial charge in [0.05, 0.1) is 0 Å². The Morgan fingerprint density at radius 1 is 1.50 bits per heavy atom. The largest absolute Gasteiger partial charge is 0.416 e. The van der Waals surface area contributed by atoms with Gasteiger partial charge in [-0.3, -0.25) is 0 Å². The van der Waals surface area contributed by atoms with Crippen LogP contribution in [0, 0.1) is 0 Å². The van der Waals surface area contributed by atoms with Gasteiger partial charge in [0, 0.05) is 18.2 Å². The van der Waals surface area contributed by atoms with Crippen molar-refractivity contribution in [3.05, 3.63) is 29.3 Å². The summed E-state index contributed by atoms with van der Waals surface area (Å²) in [7, 11) is 0.0312. The first-order chi connectivity index (χ1) is 5.86. The van der Waals surface area contributed by atoms with Crippen molar-refractivity contribution in [1.29, 1.82) is 0 Å². The molecule has 0 unspecified atom stereocenters. The molecule has 0 radical (unpaired) electrons. The molecule has 0 atom stereocenters. The van der Waals surface area contributed by atoms with E-state index in [1.54, 1.807) is 0 Å². The number of halogens is 1. The average molecular weight is 181 g/mol. The molecule has 1 fully saturated rings. The summed E-state index contributed by atoms with van der Waals surface area (Å²) < 4.78 is 5.42. The predicted molar refractivity (Wildman–Crippen MR) is 50.8 cm³/mol. The monoisotopic (exact) mass is 181 g/mol. The SMILES string of the molecule is Clc1cccc(B2NCCO2)c1. The summed E-state index contributed by atoms with van der Waals surface area (Å²) in [5, 5.41) is 3.97. The van der Waals surface area contributed by atoms with Crippen LogP contribution >= 0.6 is 11.6 Å². The highest BCUT2D eigenvalue weighted by Gasteiger charge is 2.23. The standard InChI is InChI=1S/C8H9BClNO/c10-8-3-1-2-7(6-8)9-11-4-5-12-9/h1-3,6,11H,4-5H2. The van der Waals surface area contributed by atoms with E-state index in [2.05, 4.69) is 5.23 Å². The minimum atomic E-state index is 0.0312. The molecule has 1 aliphatic heterocycles. The minimum Gasteiger partial charge on any atom is -0.416 e. The second kappa shape index (κ2) is 3.48. The molecule has 1 aliphatic rings. The van der Waals surface area contributed by atoms with Crippen LogP contribution in [0.5, 0.6) is 0 Å². The van der Waals surface area contributed by atoms with Gasteiger partial charge in [-0.25, -0.2) is 0 Å². The lowest BCUT2D eigenvalue weighted by Crippen LogP contribution is -2.41. The highest BCUT2D eigenvalue weighted by molar-refractivity contribution is 6.65. The first-order valence-corrected chi connectivity index (χ1v) is 4.34. The molecule has 2 nitrogen and oxygen atoms in total. The third-order valence-corrected chi connectivity index (χ3v) is 2.10. The van der Waals surface area contributed by atoms with Crippen LogP contribution < -0.4 is 10.7 Å². The van der Waals surface area contributed by atoms with Gasteiger partial charge in [0.2, 0.25) is 0 Å². The third kappa shape index (κ3) is 1.63. The summed E-state index contributed by atoms with van der Waals surface area (Å²) in [6, 6.07) is 7.72. The Labute approximate surface area is 77.0 Å². The molecule has 1 saturated heterocycles. The van der Waals surface area contributed by atoms with E-state index in [0.717, 1.165) is 23.6 Å². The Kier molecular flexibility index (Phi) is 2.35. The predicted octanol–water partition coefficient (Wildman–Crippen LogP) is 0.655. The van der Waals surface area contributed by atoms with Gasteiger partial charge in [-0.05, 0) is 17.6 Å². The van der Waals surface area contributed by atoms with Gasteiger partial charge in [0.25, 0.3) is 0 Å². The number of nitrogens with one attached hydrogen (secondary N) is 1. The Bertz CT molecular complexity index is 276. The molecule has 0 amide bonds. The summed E-state index contributed by atoms with van der Waals surface area (Å²) in [6.07, 6.45) is 0. The van der Waals surface area contributed by atoms with Gasteiger partial charge < -0.3 is 9.88 Å². The molecule has 0 bridgehead atoms. The van der Waals surface area contributed by atoms with Crippen molar-refractivity contribution in [3.63, 3.8) is 0 Å². The normalized spacial score (nSPS) is 16.9. The van der Waals surface area contributed by atoms with Crippen molar-refractivity contribution >= 4 is 24.1 Å². The molecule has 1 N–H and O–H groups in total. The lowest BCUT2D eigenvalue weighted by Gasteiger charge is -2.04. The second-order valence-electron chi connectivity index (χ2n) is 2.76. The van der Waals surface area contributed by atoms with Crippen LogP contribution in [0.1, 0.15) is 0 Å². The van der Waals surface area contributed by atoms with Gasteiger partial charge in [-0.1, -0.05) is 23.7 Å². The van der Waals surface area contributed by atoms with Crippen LogP contribution in [0.25, 0.3) is 0 Å². The Balaban J connectivity index is 2.21. The summed E-state index contributed by atoms with van der Waals surface area (Å²) in [5.41, 5.74) is 1.10. The quantitative estimate of drug-likeness (QED) is 0.643. The molecule has 0 saturated carbocycles. The van der Waals surface area contributed by atoms with Gasteiger partial charge in [0.15, 0.2) is 0 Å². The summed E-state index contributed by atoms with van der Waals surface area (Å²) >= 11 is 5.84. The van der Waals surface area contributed by atoms with Crippen molar-refractivity contribution in [2.75, 3.05) is 13.2 Å². The van der Waals surface area contributed by atoms with Crippen molar-refractivity contribution in [2.24, 2.45) is 0 Å². The fourth-order valence-corrected chi connectivity index (χ4v) is 1.51. The summed E-state index contributed by atoms with van der Waals surface area (Å²) in [6.45, 7) is 1.69. The highest BCUT2D eigenvalue weighted by atomic mass is 35.5. The molecule has 2 rings (SSSR count). The van der Waals surface area contributed by atoms with Crippen LogP contribution in [0.3, 0.4) is 0 Å². The molecule has 1 heterocycles. The smallest absolute Gasteiger partial charge is 0.416 e. The van der Waals surface area contributed by atoms with Crippen molar-refractivity contribution in [2.45, 2.75) is 0 Å². The maximum atomic E-state index is 5.84. The molecule has 0 spiro atoms. The first-order valence-electron chi connectivity index (χ1n) is 3.97. The molecule has 12 heavy (non-hydrogen) atoms. The number of rotatable bonds is 1. The van der Waals surface area contributed by atoms with Gasteiger partial charge in [-0.2, -0.15) is 0 Å². The van der Waals surface area contributed by atoms with E-state index in [1.165, 1.54) is 0 Å². The first kappa shape index (κ1) is 8.11. The number of hydrogen-bond donors (Lipinski definition) is 1. The minimum absolute atomic E-state index is 0.0312. The second-order valence-corrected chi connectivity index (χ2v) is 3.20. The molecule has 4 heteroatoms. The van der Waals surface area contributed by atoms with Crippen LogP contribution in [0.4, 0.5) is 0 Å². The average Bonchev–Trinajstić information content (AvgIpc) is 2.56.